The van der Waals surface area contributed by atoms with Crippen molar-refractivity contribution in [2.24, 2.45) is 0 Å². The third-order valence-electron chi connectivity index (χ3n) is 4.65. The number of aryl methyl sites for hydroxylation is 1. The van der Waals surface area contributed by atoms with Crippen molar-refractivity contribution in [2.75, 3.05) is 32.6 Å². The SMILES string of the molecule is COc1ccc(/C=C/C(=O)Nc2cc(S(=O)(=O)N3CCCC3)sc2C)cc1OC. The summed E-state index contributed by atoms with van der Waals surface area (Å²) in [5.41, 5.74) is 1.28. The van der Waals surface area contributed by atoms with Gasteiger partial charge in [0.1, 0.15) is 4.21 Å². The second-order valence-electron chi connectivity index (χ2n) is 6.58. The maximum absolute atomic E-state index is 12.7. The van der Waals surface area contributed by atoms with Crippen LogP contribution in [0.1, 0.15) is 23.3 Å². The molecule has 2 heterocycles. The van der Waals surface area contributed by atoms with Gasteiger partial charge in [-0.05, 0) is 49.6 Å². The van der Waals surface area contributed by atoms with E-state index in [4.69, 9.17) is 9.47 Å². The molecule has 0 spiro atoms. The molecule has 1 N–H and O–H groups in total. The van der Waals surface area contributed by atoms with Gasteiger partial charge in [0.05, 0.1) is 19.9 Å². The summed E-state index contributed by atoms with van der Waals surface area (Å²) >= 11 is 1.17. The van der Waals surface area contributed by atoms with Gasteiger partial charge in [-0.2, -0.15) is 4.31 Å². The second kappa shape index (κ2) is 8.98. The molecule has 0 atom stereocenters. The van der Waals surface area contributed by atoms with Crippen molar-refractivity contribution in [2.45, 2.75) is 24.0 Å². The number of amides is 1. The number of hydrogen-bond donors (Lipinski definition) is 1. The zero-order valence-corrected chi connectivity index (χ0v) is 18.2. The highest BCUT2D eigenvalue weighted by Gasteiger charge is 2.29. The molecular formula is C20H24N2O5S2. The van der Waals surface area contributed by atoms with Crippen molar-refractivity contribution in [3.05, 3.63) is 40.8 Å². The fourth-order valence-corrected chi connectivity index (χ4v) is 6.14. The molecule has 0 saturated carbocycles. The maximum atomic E-state index is 12.7. The van der Waals surface area contributed by atoms with Gasteiger partial charge >= 0.3 is 0 Å². The Morgan fingerprint density at radius 1 is 1.14 bits per heavy atom. The molecule has 1 aliphatic heterocycles. The Hall–Kier alpha value is -2.36. The van der Waals surface area contributed by atoms with Crippen molar-refractivity contribution in [1.82, 2.24) is 4.31 Å². The van der Waals surface area contributed by atoms with E-state index < -0.39 is 10.0 Å². The largest absolute Gasteiger partial charge is 0.493 e. The Labute approximate surface area is 175 Å². The summed E-state index contributed by atoms with van der Waals surface area (Å²) in [5, 5.41) is 2.76. The normalized spacial score (nSPS) is 15.0. The number of rotatable bonds is 7. The minimum Gasteiger partial charge on any atom is -0.493 e. The number of thiophene rings is 1. The number of anilines is 1. The van der Waals surface area contributed by atoms with Crippen molar-refractivity contribution in [3.63, 3.8) is 0 Å². The molecule has 0 aliphatic carbocycles. The third-order valence-corrected chi connectivity index (χ3v) is 8.05. The molecule has 0 bridgehead atoms. The molecule has 1 aromatic heterocycles. The summed E-state index contributed by atoms with van der Waals surface area (Å²) in [6.45, 7) is 2.89. The van der Waals surface area contributed by atoms with Gasteiger partial charge in [0.25, 0.3) is 10.0 Å². The Morgan fingerprint density at radius 3 is 2.48 bits per heavy atom. The van der Waals surface area contributed by atoms with E-state index in [0.717, 1.165) is 23.3 Å². The number of carbonyl (C=O) groups is 1. The summed E-state index contributed by atoms with van der Waals surface area (Å²) in [4.78, 5) is 13.1. The van der Waals surface area contributed by atoms with E-state index in [1.807, 2.05) is 6.07 Å². The van der Waals surface area contributed by atoms with Crippen molar-refractivity contribution in [3.8, 4) is 11.5 Å². The molecule has 0 radical (unpaired) electrons. The molecule has 0 unspecified atom stereocenters. The van der Waals surface area contributed by atoms with Crippen LogP contribution in [0.15, 0.2) is 34.6 Å². The van der Waals surface area contributed by atoms with Crippen LogP contribution in [0.2, 0.25) is 0 Å². The van der Waals surface area contributed by atoms with E-state index in [2.05, 4.69) is 5.32 Å². The first kappa shape index (κ1) is 21.4. The van der Waals surface area contributed by atoms with Gasteiger partial charge in [0.2, 0.25) is 5.91 Å². The fraction of sp³-hybridized carbons (Fsp3) is 0.350. The first-order valence-electron chi connectivity index (χ1n) is 9.17. The molecule has 3 rings (SSSR count). The van der Waals surface area contributed by atoms with Gasteiger partial charge in [-0.3, -0.25) is 4.79 Å². The molecule has 2 aromatic rings. The predicted molar refractivity (Wildman–Crippen MR) is 114 cm³/mol. The van der Waals surface area contributed by atoms with Gasteiger partial charge in [0.15, 0.2) is 11.5 Å². The highest BCUT2D eigenvalue weighted by Crippen LogP contribution is 2.33. The molecule has 1 aromatic carbocycles. The van der Waals surface area contributed by atoms with Crippen molar-refractivity contribution >= 4 is 39.0 Å². The number of ether oxygens (including phenoxy) is 2. The van der Waals surface area contributed by atoms with Crippen LogP contribution < -0.4 is 14.8 Å². The molecule has 7 nitrogen and oxygen atoms in total. The van der Waals surface area contributed by atoms with Crippen LogP contribution in [0, 0.1) is 6.92 Å². The number of hydrogen-bond acceptors (Lipinski definition) is 6. The van der Waals surface area contributed by atoms with E-state index in [-0.39, 0.29) is 10.1 Å². The lowest BCUT2D eigenvalue weighted by Crippen LogP contribution is -2.27. The number of methoxy groups -OCH3 is 2. The molecule has 1 aliphatic rings. The molecule has 1 amide bonds. The monoisotopic (exact) mass is 436 g/mol. The standard InChI is InChI=1S/C20H24N2O5S2/c1-14-16(13-20(28-14)29(24,25)22-10-4-5-11-22)21-19(23)9-7-15-6-8-17(26-2)18(12-15)27-3/h6-9,12-13H,4-5,10-11H2,1-3H3,(H,21,23)/b9-7+. The number of nitrogens with zero attached hydrogens (tertiary/aromatic N) is 1. The topological polar surface area (TPSA) is 84.9 Å². The van der Waals surface area contributed by atoms with E-state index in [1.165, 1.54) is 27.8 Å². The Bertz CT molecular complexity index is 1020. The van der Waals surface area contributed by atoms with E-state index in [9.17, 15) is 13.2 Å². The fourth-order valence-electron chi connectivity index (χ4n) is 3.06. The van der Waals surface area contributed by atoms with Gasteiger partial charge in [-0.1, -0.05) is 6.07 Å². The van der Waals surface area contributed by atoms with Crippen LogP contribution >= 0.6 is 11.3 Å². The number of sulfonamides is 1. The molecule has 29 heavy (non-hydrogen) atoms. The highest BCUT2D eigenvalue weighted by atomic mass is 32.2. The third kappa shape index (κ3) is 4.80. The van der Waals surface area contributed by atoms with Crippen LogP contribution in [0.3, 0.4) is 0 Å². The van der Waals surface area contributed by atoms with Crippen LogP contribution in [0.5, 0.6) is 11.5 Å². The molecule has 1 fully saturated rings. The van der Waals surface area contributed by atoms with Crippen LogP contribution in [-0.4, -0.2) is 45.9 Å². The minimum absolute atomic E-state index is 0.260. The molecule has 156 valence electrons. The maximum Gasteiger partial charge on any atom is 0.252 e. The Morgan fingerprint density at radius 2 is 1.83 bits per heavy atom. The average molecular weight is 437 g/mol. The van der Waals surface area contributed by atoms with Crippen molar-refractivity contribution in [1.29, 1.82) is 0 Å². The zero-order valence-electron chi connectivity index (χ0n) is 16.6. The summed E-state index contributed by atoms with van der Waals surface area (Å²) in [7, 11) is -0.384. The summed E-state index contributed by atoms with van der Waals surface area (Å²) in [6.07, 6.45) is 4.82. The van der Waals surface area contributed by atoms with Crippen molar-refractivity contribution < 1.29 is 22.7 Å². The summed E-state index contributed by atoms with van der Waals surface area (Å²) < 4.78 is 37.6. The Balaban J connectivity index is 1.71. The van der Waals surface area contributed by atoms with E-state index in [0.29, 0.717) is 30.3 Å². The molecule has 1 saturated heterocycles. The van der Waals surface area contributed by atoms with E-state index >= 15 is 0 Å². The van der Waals surface area contributed by atoms with Gasteiger partial charge < -0.3 is 14.8 Å². The lowest BCUT2D eigenvalue weighted by molar-refractivity contribution is -0.111. The summed E-state index contributed by atoms with van der Waals surface area (Å²) in [6, 6.07) is 6.87. The second-order valence-corrected chi connectivity index (χ2v) is 10.0. The van der Waals surface area contributed by atoms with Crippen LogP contribution in [0.25, 0.3) is 6.08 Å². The lowest BCUT2D eigenvalue weighted by Gasteiger charge is -2.13. The minimum atomic E-state index is -3.49. The van der Waals surface area contributed by atoms with Crippen LogP contribution in [-0.2, 0) is 14.8 Å². The average Bonchev–Trinajstić information content (AvgIpc) is 3.37. The number of nitrogens with one attached hydrogen (secondary N) is 1. The molecule has 9 heteroatoms. The number of carbonyl (C=O) groups excluding carboxylic acids is 1. The van der Waals surface area contributed by atoms with E-state index in [1.54, 1.807) is 39.4 Å². The first-order valence-corrected chi connectivity index (χ1v) is 11.4. The number of benzene rings is 1. The quantitative estimate of drug-likeness (QED) is 0.672. The summed E-state index contributed by atoms with van der Waals surface area (Å²) in [5.74, 6) is 0.834. The van der Waals surface area contributed by atoms with Gasteiger partial charge in [-0.25, -0.2) is 8.42 Å². The first-order chi connectivity index (χ1) is 13.8. The van der Waals surface area contributed by atoms with Gasteiger partial charge in [0, 0.05) is 24.0 Å². The Kier molecular flexibility index (Phi) is 6.61. The predicted octanol–water partition coefficient (Wildman–Crippen LogP) is 3.51. The smallest absolute Gasteiger partial charge is 0.252 e. The zero-order chi connectivity index (χ0) is 21.0. The lowest BCUT2D eigenvalue weighted by atomic mass is 10.2. The highest BCUT2D eigenvalue weighted by molar-refractivity contribution is 7.91. The van der Waals surface area contributed by atoms with Gasteiger partial charge in [-0.15, -0.1) is 11.3 Å². The van der Waals surface area contributed by atoms with Crippen LogP contribution in [0.4, 0.5) is 5.69 Å². The molecular weight excluding hydrogens is 412 g/mol.